The van der Waals surface area contributed by atoms with Crippen LogP contribution in [-0.4, -0.2) is 15.1 Å². The number of rotatable bonds is 4. The van der Waals surface area contributed by atoms with Gasteiger partial charge in [-0.25, -0.2) is 4.39 Å². The van der Waals surface area contributed by atoms with Crippen molar-refractivity contribution in [2.24, 2.45) is 0 Å². The molecule has 5 heteroatoms. The van der Waals surface area contributed by atoms with Crippen molar-refractivity contribution in [3.8, 4) is 5.75 Å². The Balaban J connectivity index is 1.83. The molecule has 0 bridgehead atoms. The van der Waals surface area contributed by atoms with Crippen LogP contribution in [0.1, 0.15) is 17.2 Å². The number of fused-ring (bicyclic) bond motifs is 1. The van der Waals surface area contributed by atoms with Gasteiger partial charge in [-0.3, -0.25) is 9.97 Å². The SMILES string of the molecule is Oc1c([C@@H](Nc2ccc(F)cc2)c2ccncc2)ccc2cccnc12. The monoisotopic (exact) mass is 345 g/mol. The predicted molar refractivity (Wildman–Crippen MR) is 99.5 cm³/mol. The van der Waals surface area contributed by atoms with E-state index in [4.69, 9.17) is 0 Å². The zero-order valence-electron chi connectivity index (χ0n) is 13.8. The van der Waals surface area contributed by atoms with Crippen LogP contribution in [0.4, 0.5) is 10.1 Å². The fraction of sp³-hybridized carbons (Fsp3) is 0.0476. The molecule has 0 unspecified atom stereocenters. The van der Waals surface area contributed by atoms with Crippen LogP contribution < -0.4 is 5.32 Å². The Labute approximate surface area is 150 Å². The van der Waals surface area contributed by atoms with Gasteiger partial charge in [0.05, 0.1) is 6.04 Å². The number of hydrogen-bond donors (Lipinski definition) is 2. The molecule has 2 aromatic heterocycles. The van der Waals surface area contributed by atoms with Gasteiger partial charge in [-0.2, -0.15) is 0 Å². The maximum Gasteiger partial charge on any atom is 0.147 e. The number of halogens is 1. The van der Waals surface area contributed by atoms with Crippen molar-refractivity contribution < 1.29 is 9.50 Å². The Morgan fingerprint density at radius 1 is 0.885 bits per heavy atom. The number of anilines is 1. The molecule has 128 valence electrons. The lowest BCUT2D eigenvalue weighted by atomic mass is 9.96. The normalized spacial score (nSPS) is 12.0. The highest BCUT2D eigenvalue weighted by atomic mass is 19.1. The maximum atomic E-state index is 13.2. The molecule has 0 radical (unpaired) electrons. The van der Waals surface area contributed by atoms with Gasteiger partial charge in [-0.05, 0) is 48.0 Å². The quantitative estimate of drug-likeness (QED) is 0.564. The van der Waals surface area contributed by atoms with Gasteiger partial charge >= 0.3 is 0 Å². The van der Waals surface area contributed by atoms with Crippen LogP contribution >= 0.6 is 0 Å². The smallest absolute Gasteiger partial charge is 0.147 e. The number of phenolic OH excluding ortho intramolecular Hbond substituents is 1. The summed E-state index contributed by atoms with van der Waals surface area (Å²) in [6.07, 6.45) is 5.05. The molecule has 1 atom stereocenters. The summed E-state index contributed by atoms with van der Waals surface area (Å²) in [5.74, 6) is -0.173. The first-order chi connectivity index (χ1) is 12.7. The minimum absolute atomic E-state index is 0.125. The first-order valence-corrected chi connectivity index (χ1v) is 8.21. The number of nitrogens with one attached hydrogen (secondary N) is 1. The van der Waals surface area contributed by atoms with Gasteiger partial charge < -0.3 is 10.4 Å². The van der Waals surface area contributed by atoms with E-state index in [2.05, 4.69) is 15.3 Å². The molecule has 0 aliphatic heterocycles. The number of benzene rings is 2. The van der Waals surface area contributed by atoms with Crippen LogP contribution in [0.25, 0.3) is 10.9 Å². The van der Waals surface area contributed by atoms with E-state index < -0.39 is 0 Å². The van der Waals surface area contributed by atoms with Crippen molar-refractivity contribution in [1.29, 1.82) is 0 Å². The van der Waals surface area contributed by atoms with E-state index in [1.807, 2.05) is 36.4 Å². The summed E-state index contributed by atoms with van der Waals surface area (Å²) < 4.78 is 13.2. The van der Waals surface area contributed by atoms with Gasteiger partial charge in [-0.1, -0.05) is 18.2 Å². The summed E-state index contributed by atoms with van der Waals surface area (Å²) in [6.45, 7) is 0. The van der Waals surface area contributed by atoms with E-state index >= 15 is 0 Å². The van der Waals surface area contributed by atoms with Crippen LogP contribution in [0.15, 0.2) is 79.3 Å². The van der Waals surface area contributed by atoms with Crippen LogP contribution in [0.3, 0.4) is 0 Å². The standard InChI is InChI=1S/C21H16FN3O/c22-16-4-6-17(7-5-16)25-19(15-9-12-23-13-10-15)18-8-3-14-2-1-11-24-20(14)21(18)26/h1-13,19,25-26H/t19-/m0/s1. The van der Waals surface area contributed by atoms with Crippen molar-refractivity contribution in [1.82, 2.24) is 9.97 Å². The number of pyridine rings is 2. The van der Waals surface area contributed by atoms with Gasteiger partial charge in [0.25, 0.3) is 0 Å². The molecule has 0 fully saturated rings. The van der Waals surface area contributed by atoms with E-state index in [0.29, 0.717) is 11.1 Å². The van der Waals surface area contributed by atoms with Crippen molar-refractivity contribution >= 4 is 16.6 Å². The first kappa shape index (κ1) is 16.0. The van der Waals surface area contributed by atoms with Crippen molar-refractivity contribution in [2.75, 3.05) is 5.32 Å². The lowest BCUT2D eigenvalue weighted by molar-refractivity contribution is 0.471. The third-order valence-electron chi connectivity index (χ3n) is 4.28. The van der Waals surface area contributed by atoms with Crippen molar-refractivity contribution in [2.45, 2.75) is 6.04 Å². The molecule has 0 saturated carbocycles. The highest BCUT2D eigenvalue weighted by Crippen LogP contribution is 2.36. The van der Waals surface area contributed by atoms with Crippen molar-refractivity contribution in [3.63, 3.8) is 0 Å². The average Bonchev–Trinajstić information content (AvgIpc) is 2.69. The van der Waals surface area contributed by atoms with Gasteiger partial charge in [0, 0.05) is 35.2 Å². The van der Waals surface area contributed by atoms with Crippen LogP contribution in [0.2, 0.25) is 0 Å². The Morgan fingerprint density at radius 2 is 1.65 bits per heavy atom. The van der Waals surface area contributed by atoms with E-state index in [1.54, 1.807) is 30.7 Å². The fourth-order valence-electron chi connectivity index (χ4n) is 2.99. The molecular weight excluding hydrogens is 329 g/mol. The Kier molecular flexibility index (Phi) is 4.19. The molecular formula is C21H16FN3O. The first-order valence-electron chi connectivity index (χ1n) is 8.21. The summed E-state index contributed by atoms with van der Waals surface area (Å²) in [7, 11) is 0. The molecule has 0 saturated heterocycles. The molecule has 0 amide bonds. The predicted octanol–water partition coefficient (Wildman–Crippen LogP) is 4.68. The number of aromatic hydroxyl groups is 1. The number of hydrogen-bond acceptors (Lipinski definition) is 4. The zero-order chi connectivity index (χ0) is 17.9. The summed E-state index contributed by atoms with van der Waals surface area (Å²) in [6, 6.07) is 17.1. The van der Waals surface area contributed by atoms with E-state index in [-0.39, 0.29) is 17.6 Å². The van der Waals surface area contributed by atoms with E-state index in [0.717, 1.165) is 16.6 Å². The molecule has 2 N–H and O–H groups in total. The molecule has 4 aromatic rings. The van der Waals surface area contributed by atoms with Gasteiger partial charge in [0.2, 0.25) is 0 Å². The summed E-state index contributed by atoms with van der Waals surface area (Å²) >= 11 is 0. The summed E-state index contributed by atoms with van der Waals surface area (Å²) in [5.41, 5.74) is 2.90. The minimum Gasteiger partial charge on any atom is -0.505 e. The molecule has 0 spiro atoms. The topological polar surface area (TPSA) is 58.0 Å². The van der Waals surface area contributed by atoms with Gasteiger partial charge in [-0.15, -0.1) is 0 Å². The molecule has 26 heavy (non-hydrogen) atoms. The van der Waals surface area contributed by atoms with Crippen LogP contribution in [-0.2, 0) is 0 Å². The van der Waals surface area contributed by atoms with E-state index in [9.17, 15) is 9.50 Å². The maximum absolute atomic E-state index is 13.2. The Morgan fingerprint density at radius 3 is 2.42 bits per heavy atom. The van der Waals surface area contributed by atoms with Crippen LogP contribution in [0.5, 0.6) is 5.75 Å². The van der Waals surface area contributed by atoms with Crippen LogP contribution in [0, 0.1) is 5.82 Å². The Bertz CT molecular complexity index is 1040. The van der Waals surface area contributed by atoms with Crippen molar-refractivity contribution in [3.05, 3.63) is 96.2 Å². The molecule has 4 rings (SSSR count). The second kappa shape index (κ2) is 6.80. The molecule has 2 aromatic carbocycles. The highest BCUT2D eigenvalue weighted by Gasteiger charge is 2.20. The largest absolute Gasteiger partial charge is 0.505 e. The van der Waals surface area contributed by atoms with E-state index in [1.165, 1.54) is 12.1 Å². The lowest BCUT2D eigenvalue weighted by Gasteiger charge is -2.22. The summed E-state index contributed by atoms with van der Waals surface area (Å²) in [5, 5.41) is 15.1. The number of phenols is 1. The highest BCUT2D eigenvalue weighted by molar-refractivity contribution is 5.86. The number of nitrogens with zero attached hydrogens (tertiary/aromatic N) is 2. The fourth-order valence-corrected chi connectivity index (χ4v) is 2.99. The minimum atomic E-state index is -0.338. The zero-order valence-corrected chi connectivity index (χ0v) is 13.8. The second-order valence-corrected chi connectivity index (χ2v) is 5.94. The molecule has 2 heterocycles. The average molecular weight is 345 g/mol. The second-order valence-electron chi connectivity index (χ2n) is 5.94. The molecule has 4 nitrogen and oxygen atoms in total. The lowest BCUT2D eigenvalue weighted by Crippen LogP contribution is -2.13. The van der Waals surface area contributed by atoms with Gasteiger partial charge in [0.15, 0.2) is 0 Å². The number of aromatic nitrogens is 2. The third-order valence-corrected chi connectivity index (χ3v) is 4.28. The summed E-state index contributed by atoms with van der Waals surface area (Å²) in [4.78, 5) is 8.36. The van der Waals surface area contributed by atoms with Gasteiger partial charge in [0.1, 0.15) is 17.1 Å². The Hall–Kier alpha value is -3.47. The third kappa shape index (κ3) is 3.07. The molecule has 0 aliphatic carbocycles. The molecule has 0 aliphatic rings.